The first-order valence-corrected chi connectivity index (χ1v) is 6.22. The minimum atomic E-state index is 0.350. The van der Waals surface area contributed by atoms with E-state index in [9.17, 15) is 5.11 Å². The van der Waals surface area contributed by atoms with Crippen LogP contribution in [0.5, 0.6) is 5.75 Å². The minimum absolute atomic E-state index is 0.350. The number of benzene rings is 1. The van der Waals surface area contributed by atoms with E-state index >= 15 is 0 Å². The van der Waals surface area contributed by atoms with Crippen molar-refractivity contribution in [2.45, 2.75) is 26.3 Å². The van der Waals surface area contributed by atoms with Crippen LogP contribution in [0, 0.1) is 5.92 Å². The first kappa shape index (κ1) is 11.7. The van der Waals surface area contributed by atoms with Crippen LogP contribution >= 0.6 is 11.6 Å². The second-order valence-corrected chi connectivity index (χ2v) is 5.19. The number of nitrogens with zero attached hydrogens (tertiary/aromatic N) is 1. The van der Waals surface area contributed by atoms with E-state index in [1.54, 1.807) is 12.1 Å². The summed E-state index contributed by atoms with van der Waals surface area (Å²) < 4.78 is 0. The first-order chi connectivity index (χ1) is 7.65. The average molecular weight is 240 g/mol. The predicted octanol–water partition coefficient (Wildman–Crippen LogP) is 3.28. The first-order valence-electron chi connectivity index (χ1n) is 5.85. The van der Waals surface area contributed by atoms with E-state index in [4.69, 9.17) is 11.6 Å². The molecule has 2 nitrogen and oxygen atoms in total. The fraction of sp³-hybridized carbons (Fsp3) is 0.538. The van der Waals surface area contributed by atoms with Crippen molar-refractivity contribution in [3.63, 3.8) is 0 Å². The summed E-state index contributed by atoms with van der Waals surface area (Å²) in [6, 6.07) is 5.25. The summed E-state index contributed by atoms with van der Waals surface area (Å²) in [6.07, 6.45) is 2.57. The lowest BCUT2D eigenvalue weighted by atomic mass is 10.00. The number of halogens is 1. The molecule has 0 spiro atoms. The molecule has 1 fully saturated rings. The van der Waals surface area contributed by atoms with Crippen LogP contribution in [0.3, 0.4) is 0 Å². The summed E-state index contributed by atoms with van der Waals surface area (Å²) in [4.78, 5) is 2.39. The van der Waals surface area contributed by atoms with Crippen LogP contribution in [0.1, 0.15) is 25.3 Å². The molecule has 0 aliphatic carbocycles. The molecule has 1 aromatic rings. The van der Waals surface area contributed by atoms with E-state index in [0.717, 1.165) is 31.1 Å². The standard InChI is InChI=1S/C13H18ClNO/c1-10-3-2-6-15(8-10)9-11-7-12(14)4-5-13(11)16/h4-5,7,10,16H,2-3,6,8-9H2,1H3. The molecule has 88 valence electrons. The van der Waals surface area contributed by atoms with E-state index in [1.165, 1.54) is 12.8 Å². The van der Waals surface area contributed by atoms with Crippen LogP contribution < -0.4 is 0 Å². The number of rotatable bonds is 2. The van der Waals surface area contributed by atoms with E-state index in [0.29, 0.717) is 10.8 Å². The Morgan fingerprint density at radius 3 is 3.06 bits per heavy atom. The van der Waals surface area contributed by atoms with Crippen LogP contribution in [0.25, 0.3) is 0 Å². The molecule has 0 radical (unpaired) electrons. The topological polar surface area (TPSA) is 23.5 Å². The van der Waals surface area contributed by atoms with Gasteiger partial charge >= 0.3 is 0 Å². The molecule has 1 N–H and O–H groups in total. The lowest BCUT2D eigenvalue weighted by Crippen LogP contribution is -2.33. The molecule has 0 bridgehead atoms. The Labute approximate surface area is 102 Å². The second-order valence-electron chi connectivity index (χ2n) is 4.76. The van der Waals surface area contributed by atoms with Crippen molar-refractivity contribution in [2.24, 2.45) is 5.92 Å². The minimum Gasteiger partial charge on any atom is -0.508 e. The van der Waals surface area contributed by atoms with Crippen molar-refractivity contribution in [2.75, 3.05) is 13.1 Å². The molecule has 0 saturated carbocycles. The van der Waals surface area contributed by atoms with Crippen molar-refractivity contribution in [1.82, 2.24) is 4.90 Å². The summed E-state index contributed by atoms with van der Waals surface area (Å²) in [5.41, 5.74) is 0.932. The molecule has 16 heavy (non-hydrogen) atoms. The van der Waals surface area contributed by atoms with Gasteiger partial charge in [0, 0.05) is 23.7 Å². The van der Waals surface area contributed by atoms with Gasteiger partial charge in [0.05, 0.1) is 0 Å². The summed E-state index contributed by atoms with van der Waals surface area (Å²) in [5.74, 6) is 1.11. The van der Waals surface area contributed by atoms with Gasteiger partial charge in [0.1, 0.15) is 5.75 Å². The quantitative estimate of drug-likeness (QED) is 0.856. The third-order valence-electron chi connectivity index (χ3n) is 3.18. The van der Waals surface area contributed by atoms with Gasteiger partial charge in [-0.2, -0.15) is 0 Å². The Morgan fingerprint density at radius 2 is 2.31 bits per heavy atom. The maximum Gasteiger partial charge on any atom is 0.120 e. The monoisotopic (exact) mass is 239 g/mol. The van der Waals surface area contributed by atoms with Crippen LogP contribution in [-0.2, 0) is 6.54 Å². The summed E-state index contributed by atoms with van der Waals surface area (Å²) >= 11 is 5.93. The zero-order valence-electron chi connectivity index (χ0n) is 9.62. The third-order valence-corrected chi connectivity index (χ3v) is 3.41. The zero-order valence-corrected chi connectivity index (χ0v) is 10.4. The number of aromatic hydroxyl groups is 1. The Balaban J connectivity index is 2.05. The molecular formula is C13H18ClNO. The normalized spacial score (nSPS) is 22.2. The molecular weight excluding hydrogens is 222 g/mol. The van der Waals surface area contributed by atoms with Crippen LogP contribution in [0.15, 0.2) is 18.2 Å². The molecule has 1 heterocycles. The highest BCUT2D eigenvalue weighted by Crippen LogP contribution is 2.25. The van der Waals surface area contributed by atoms with Crippen molar-refractivity contribution >= 4 is 11.6 Å². The van der Waals surface area contributed by atoms with Gasteiger partial charge in [-0.05, 0) is 43.5 Å². The summed E-state index contributed by atoms with van der Waals surface area (Å²) in [7, 11) is 0. The zero-order chi connectivity index (χ0) is 11.5. The van der Waals surface area contributed by atoms with E-state index in [2.05, 4.69) is 11.8 Å². The van der Waals surface area contributed by atoms with E-state index in [1.807, 2.05) is 6.07 Å². The largest absolute Gasteiger partial charge is 0.508 e. The van der Waals surface area contributed by atoms with Crippen LogP contribution in [0.2, 0.25) is 5.02 Å². The molecule has 1 saturated heterocycles. The van der Waals surface area contributed by atoms with Gasteiger partial charge in [-0.15, -0.1) is 0 Å². The predicted molar refractivity (Wildman–Crippen MR) is 66.8 cm³/mol. The Bertz CT molecular complexity index is 367. The third kappa shape index (κ3) is 2.89. The van der Waals surface area contributed by atoms with Gasteiger partial charge in [0.15, 0.2) is 0 Å². The van der Waals surface area contributed by atoms with Crippen molar-refractivity contribution in [1.29, 1.82) is 0 Å². The van der Waals surface area contributed by atoms with Crippen molar-refractivity contribution < 1.29 is 5.11 Å². The van der Waals surface area contributed by atoms with Gasteiger partial charge < -0.3 is 5.11 Å². The highest BCUT2D eigenvalue weighted by molar-refractivity contribution is 6.30. The number of piperidine rings is 1. The Kier molecular flexibility index (Phi) is 3.72. The van der Waals surface area contributed by atoms with Gasteiger partial charge in [-0.1, -0.05) is 18.5 Å². The lowest BCUT2D eigenvalue weighted by Gasteiger charge is -2.30. The molecule has 1 aromatic carbocycles. The molecule has 0 aromatic heterocycles. The highest BCUT2D eigenvalue weighted by atomic mass is 35.5. The van der Waals surface area contributed by atoms with Crippen molar-refractivity contribution in [3.05, 3.63) is 28.8 Å². The number of hydrogen-bond acceptors (Lipinski definition) is 2. The number of phenolic OH excluding ortho intramolecular Hbond substituents is 1. The average Bonchev–Trinajstić information content (AvgIpc) is 2.24. The molecule has 0 amide bonds. The Hall–Kier alpha value is -0.730. The molecule has 1 unspecified atom stereocenters. The van der Waals surface area contributed by atoms with Gasteiger partial charge in [-0.25, -0.2) is 0 Å². The van der Waals surface area contributed by atoms with Gasteiger partial charge in [-0.3, -0.25) is 4.90 Å². The fourth-order valence-electron chi connectivity index (χ4n) is 2.35. The molecule has 1 atom stereocenters. The lowest BCUT2D eigenvalue weighted by molar-refractivity contribution is 0.175. The van der Waals surface area contributed by atoms with Gasteiger partial charge in [0.25, 0.3) is 0 Å². The maximum absolute atomic E-state index is 9.75. The number of likely N-dealkylation sites (tertiary alicyclic amines) is 1. The van der Waals surface area contributed by atoms with Crippen LogP contribution in [0.4, 0.5) is 0 Å². The van der Waals surface area contributed by atoms with Crippen LogP contribution in [-0.4, -0.2) is 23.1 Å². The SMILES string of the molecule is CC1CCCN(Cc2cc(Cl)ccc2O)C1. The number of hydrogen-bond donors (Lipinski definition) is 1. The van der Waals surface area contributed by atoms with E-state index < -0.39 is 0 Å². The Morgan fingerprint density at radius 1 is 1.50 bits per heavy atom. The van der Waals surface area contributed by atoms with Crippen molar-refractivity contribution in [3.8, 4) is 5.75 Å². The fourth-order valence-corrected chi connectivity index (χ4v) is 2.55. The smallest absolute Gasteiger partial charge is 0.120 e. The molecule has 1 aliphatic heterocycles. The summed E-state index contributed by atoms with van der Waals surface area (Å²) in [5, 5.41) is 10.4. The second kappa shape index (κ2) is 5.07. The number of phenols is 1. The maximum atomic E-state index is 9.75. The van der Waals surface area contributed by atoms with Gasteiger partial charge in [0.2, 0.25) is 0 Å². The highest BCUT2D eigenvalue weighted by Gasteiger charge is 2.17. The molecule has 2 rings (SSSR count). The van der Waals surface area contributed by atoms with E-state index in [-0.39, 0.29) is 0 Å². The molecule has 1 aliphatic rings. The molecule has 3 heteroatoms. The summed E-state index contributed by atoms with van der Waals surface area (Å²) in [6.45, 7) is 5.32.